The first-order chi connectivity index (χ1) is 9.56. The van der Waals surface area contributed by atoms with Crippen molar-refractivity contribution in [2.45, 2.75) is 0 Å². The van der Waals surface area contributed by atoms with Crippen LogP contribution in [0.4, 0.5) is 0 Å². The monoisotopic (exact) mass is 400 g/mol. The van der Waals surface area contributed by atoms with Crippen molar-refractivity contribution in [3.8, 4) is 5.75 Å². The van der Waals surface area contributed by atoms with Crippen LogP contribution < -0.4 is 9.83 Å². The minimum Gasteiger partial charge on any atom is -0.421 e. The fraction of sp³-hybridized carbons (Fsp3) is 0. The number of rotatable bonds is 3. The molecule has 1 aromatic heterocycles. The zero-order valence-electron chi connectivity index (χ0n) is 10.2. The van der Waals surface area contributed by atoms with E-state index in [1.165, 1.54) is 0 Å². The Morgan fingerprint density at radius 1 is 1.20 bits per heavy atom. The van der Waals surface area contributed by atoms with Crippen LogP contribution >= 0.6 is 30.2 Å². The fourth-order valence-electron chi connectivity index (χ4n) is 1.83. The Morgan fingerprint density at radius 2 is 1.95 bits per heavy atom. The van der Waals surface area contributed by atoms with Gasteiger partial charge in [-0.2, -0.15) is 5.10 Å². The van der Waals surface area contributed by atoms with Gasteiger partial charge in [-0.25, -0.2) is 4.57 Å². The molecule has 0 spiro atoms. The highest BCUT2D eigenvalue weighted by atomic mass is 127. The molecular formula is C13H10IN2O3P. The van der Waals surface area contributed by atoms with Gasteiger partial charge in [0, 0.05) is 5.39 Å². The minimum absolute atomic E-state index is 0.266. The highest BCUT2D eigenvalue weighted by Gasteiger charge is 2.24. The van der Waals surface area contributed by atoms with Crippen LogP contribution in [-0.2, 0) is 4.57 Å². The maximum Gasteiger partial charge on any atom is 0.408 e. The van der Waals surface area contributed by atoms with Crippen LogP contribution in [0, 0.1) is 3.70 Å². The van der Waals surface area contributed by atoms with Crippen LogP contribution in [0.3, 0.4) is 0 Å². The van der Waals surface area contributed by atoms with Crippen molar-refractivity contribution in [3.63, 3.8) is 0 Å². The molecule has 3 aromatic rings. The zero-order valence-corrected chi connectivity index (χ0v) is 13.2. The molecule has 7 heteroatoms. The van der Waals surface area contributed by atoms with Gasteiger partial charge in [0.25, 0.3) is 0 Å². The van der Waals surface area contributed by atoms with Crippen LogP contribution in [-0.4, -0.2) is 15.1 Å². The molecule has 0 radical (unpaired) electrons. The third kappa shape index (κ3) is 2.59. The predicted molar refractivity (Wildman–Crippen MR) is 85.3 cm³/mol. The van der Waals surface area contributed by atoms with Crippen molar-refractivity contribution < 1.29 is 14.0 Å². The Bertz CT molecular complexity index is 804. The second kappa shape index (κ2) is 5.20. The standard InChI is InChI=1S/C13H10IN2O3P/c14-13-11-8-9(6-7-12(11)15-16-13)19-20(17,18)10-4-2-1-3-5-10/h1-8H,(H,15,16)(H,17,18). The second-order valence-corrected chi connectivity index (χ2v) is 6.98. The lowest BCUT2D eigenvalue weighted by atomic mass is 10.2. The molecule has 0 aliphatic heterocycles. The molecule has 0 saturated carbocycles. The summed E-state index contributed by atoms with van der Waals surface area (Å²) in [5, 5.41) is 8.07. The maximum atomic E-state index is 12.3. The van der Waals surface area contributed by atoms with Crippen LogP contribution in [0.25, 0.3) is 10.9 Å². The molecule has 102 valence electrons. The Hall–Kier alpha value is -1.37. The molecule has 1 heterocycles. The third-order valence-electron chi connectivity index (χ3n) is 2.79. The van der Waals surface area contributed by atoms with E-state index in [9.17, 15) is 9.46 Å². The van der Waals surface area contributed by atoms with Crippen molar-refractivity contribution in [3.05, 3.63) is 52.2 Å². The number of hydrogen-bond acceptors (Lipinski definition) is 3. The summed E-state index contributed by atoms with van der Waals surface area (Å²) in [6, 6.07) is 13.4. The van der Waals surface area contributed by atoms with Crippen LogP contribution in [0.15, 0.2) is 48.5 Å². The van der Waals surface area contributed by atoms with Gasteiger partial charge in [-0.3, -0.25) is 5.10 Å². The Morgan fingerprint density at radius 3 is 2.70 bits per heavy atom. The number of nitrogens with one attached hydrogen (secondary N) is 1. The van der Waals surface area contributed by atoms with Crippen LogP contribution in [0.1, 0.15) is 0 Å². The lowest BCUT2D eigenvalue weighted by molar-refractivity contribution is 0.393. The van der Waals surface area contributed by atoms with E-state index >= 15 is 0 Å². The number of aromatic nitrogens is 2. The average Bonchev–Trinajstić information content (AvgIpc) is 2.81. The number of nitrogens with zero attached hydrogens (tertiary/aromatic N) is 1. The first-order valence-electron chi connectivity index (χ1n) is 5.78. The quantitative estimate of drug-likeness (QED) is 0.524. The van der Waals surface area contributed by atoms with E-state index < -0.39 is 7.60 Å². The fourth-order valence-corrected chi connectivity index (χ4v) is 3.43. The van der Waals surface area contributed by atoms with Crippen molar-refractivity contribution in [2.24, 2.45) is 0 Å². The number of aromatic amines is 1. The first kappa shape index (κ1) is 13.6. The molecule has 1 atom stereocenters. The van der Waals surface area contributed by atoms with E-state index in [0.717, 1.165) is 14.6 Å². The molecular weight excluding hydrogens is 390 g/mol. The van der Waals surface area contributed by atoms with Crippen molar-refractivity contribution in [1.82, 2.24) is 10.2 Å². The summed E-state index contributed by atoms with van der Waals surface area (Å²) < 4.78 is 18.4. The van der Waals surface area contributed by atoms with Crippen LogP contribution in [0.5, 0.6) is 5.75 Å². The average molecular weight is 400 g/mol. The molecule has 0 saturated heterocycles. The van der Waals surface area contributed by atoms with Crippen LogP contribution in [0.2, 0.25) is 0 Å². The van der Waals surface area contributed by atoms with Gasteiger partial charge in [0.05, 0.1) is 10.8 Å². The molecule has 20 heavy (non-hydrogen) atoms. The van der Waals surface area contributed by atoms with Gasteiger partial charge in [0.15, 0.2) is 0 Å². The molecule has 0 amide bonds. The van der Waals surface area contributed by atoms with Crippen molar-refractivity contribution in [2.75, 3.05) is 0 Å². The largest absolute Gasteiger partial charge is 0.421 e. The lowest BCUT2D eigenvalue weighted by Crippen LogP contribution is -2.08. The molecule has 1 unspecified atom stereocenters. The van der Waals surface area contributed by atoms with Crippen molar-refractivity contribution in [1.29, 1.82) is 0 Å². The first-order valence-corrected chi connectivity index (χ1v) is 8.43. The SMILES string of the molecule is O=P(O)(Oc1ccc2n[nH]c(I)c2c1)c1ccccc1. The van der Waals surface area contributed by atoms with Gasteiger partial charge in [0.2, 0.25) is 0 Å². The Balaban J connectivity index is 1.96. The summed E-state index contributed by atoms with van der Waals surface area (Å²) in [4.78, 5) is 10.0. The lowest BCUT2D eigenvalue weighted by Gasteiger charge is -2.13. The van der Waals surface area contributed by atoms with E-state index in [1.807, 2.05) is 0 Å². The highest BCUT2D eigenvalue weighted by molar-refractivity contribution is 14.1. The maximum absolute atomic E-state index is 12.3. The molecule has 5 nitrogen and oxygen atoms in total. The third-order valence-corrected chi connectivity index (χ3v) is 5.02. The van der Waals surface area contributed by atoms with Gasteiger partial charge < -0.3 is 9.42 Å². The second-order valence-electron chi connectivity index (χ2n) is 4.16. The van der Waals surface area contributed by atoms with Gasteiger partial charge in [-0.15, -0.1) is 0 Å². The molecule has 2 N–H and O–H groups in total. The molecule has 0 aliphatic rings. The Labute approximate surface area is 128 Å². The highest BCUT2D eigenvalue weighted by Crippen LogP contribution is 2.42. The van der Waals surface area contributed by atoms with Gasteiger partial charge >= 0.3 is 7.60 Å². The minimum atomic E-state index is -3.87. The predicted octanol–water partition coefficient (Wildman–Crippen LogP) is 3.06. The van der Waals surface area contributed by atoms with Crippen molar-refractivity contribution >= 4 is 46.4 Å². The summed E-state index contributed by atoms with van der Waals surface area (Å²) >= 11 is 2.11. The summed E-state index contributed by atoms with van der Waals surface area (Å²) in [6.45, 7) is 0. The number of benzene rings is 2. The van der Waals surface area contributed by atoms with E-state index in [2.05, 4.69) is 32.8 Å². The topological polar surface area (TPSA) is 75.2 Å². The summed E-state index contributed by atoms with van der Waals surface area (Å²) in [5.74, 6) is 0.339. The van der Waals surface area contributed by atoms with E-state index in [4.69, 9.17) is 4.52 Å². The zero-order chi connectivity index (χ0) is 14.2. The Kier molecular flexibility index (Phi) is 3.54. The molecule has 2 aromatic carbocycles. The summed E-state index contributed by atoms with van der Waals surface area (Å²) in [7, 11) is -3.87. The normalized spacial score (nSPS) is 14.1. The van der Waals surface area contributed by atoms with E-state index in [0.29, 0.717) is 5.75 Å². The molecule has 3 rings (SSSR count). The smallest absolute Gasteiger partial charge is 0.408 e. The molecule has 0 bridgehead atoms. The van der Waals surface area contributed by atoms with E-state index in [-0.39, 0.29) is 5.30 Å². The van der Waals surface area contributed by atoms with Gasteiger partial charge in [-0.05, 0) is 52.9 Å². The number of fused-ring (bicyclic) bond motifs is 1. The van der Waals surface area contributed by atoms with Gasteiger partial charge in [-0.1, -0.05) is 18.2 Å². The number of H-pyrrole nitrogens is 1. The summed E-state index contributed by atoms with van der Waals surface area (Å²) in [6.07, 6.45) is 0. The number of halogens is 1. The van der Waals surface area contributed by atoms with Gasteiger partial charge in [0.1, 0.15) is 9.45 Å². The summed E-state index contributed by atoms with van der Waals surface area (Å²) in [5.41, 5.74) is 0.786. The molecule has 0 aliphatic carbocycles. The van der Waals surface area contributed by atoms with E-state index in [1.54, 1.807) is 48.5 Å². The molecule has 0 fully saturated rings. The number of hydrogen-bond donors (Lipinski definition) is 2.